The van der Waals surface area contributed by atoms with Crippen molar-refractivity contribution in [2.45, 2.75) is 6.18 Å². The molecule has 0 N–H and O–H groups in total. The molecule has 1 amide bonds. The Morgan fingerprint density at radius 3 is 2.28 bits per heavy atom. The Bertz CT molecular complexity index is 961. The van der Waals surface area contributed by atoms with Crippen LogP contribution in [-0.4, -0.2) is 41.9 Å². The van der Waals surface area contributed by atoms with Gasteiger partial charge in [0, 0.05) is 37.3 Å². The SMILES string of the molecule is O=C(c1cc(Cl)ccc1Cl)N1CCN(c2ccc(C(F)(F)F)cc2[N+](=O)[O-])CC1. The Morgan fingerprint density at radius 1 is 1.03 bits per heavy atom. The van der Waals surface area contributed by atoms with Gasteiger partial charge in [-0.15, -0.1) is 0 Å². The van der Waals surface area contributed by atoms with Gasteiger partial charge < -0.3 is 9.80 Å². The molecule has 0 saturated carbocycles. The smallest absolute Gasteiger partial charge is 0.362 e. The monoisotopic (exact) mass is 447 g/mol. The maximum atomic E-state index is 12.9. The number of carbonyl (C=O) groups excluding carboxylic acids is 1. The highest BCUT2D eigenvalue weighted by molar-refractivity contribution is 6.35. The number of amides is 1. The summed E-state index contributed by atoms with van der Waals surface area (Å²) in [5.41, 5.74) is -1.39. The van der Waals surface area contributed by atoms with E-state index in [2.05, 4.69) is 0 Å². The van der Waals surface area contributed by atoms with E-state index in [1.807, 2.05) is 0 Å². The molecule has 1 saturated heterocycles. The van der Waals surface area contributed by atoms with Crippen LogP contribution in [0.15, 0.2) is 36.4 Å². The third kappa shape index (κ3) is 4.56. The highest BCUT2D eigenvalue weighted by Gasteiger charge is 2.34. The lowest BCUT2D eigenvalue weighted by Crippen LogP contribution is -2.49. The minimum absolute atomic E-state index is 0.0795. The Balaban J connectivity index is 1.78. The molecular weight excluding hydrogens is 434 g/mol. The van der Waals surface area contributed by atoms with Crippen LogP contribution in [0.25, 0.3) is 0 Å². The number of hydrogen-bond donors (Lipinski definition) is 0. The van der Waals surface area contributed by atoms with E-state index in [-0.39, 0.29) is 48.4 Å². The van der Waals surface area contributed by atoms with Crippen molar-refractivity contribution in [1.82, 2.24) is 4.90 Å². The summed E-state index contributed by atoms with van der Waals surface area (Å²) < 4.78 is 38.6. The van der Waals surface area contributed by atoms with Gasteiger partial charge in [0.15, 0.2) is 0 Å². The van der Waals surface area contributed by atoms with Gasteiger partial charge in [-0.25, -0.2) is 0 Å². The number of hydrogen-bond acceptors (Lipinski definition) is 4. The molecule has 1 heterocycles. The molecule has 154 valence electrons. The molecular formula is C18H14Cl2F3N3O3. The Kier molecular flexibility index (Phi) is 5.90. The van der Waals surface area contributed by atoms with Crippen molar-refractivity contribution in [2.75, 3.05) is 31.1 Å². The van der Waals surface area contributed by atoms with Crippen LogP contribution in [0.2, 0.25) is 10.0 Å². The number of nitro benzene ring substituents is 1. The average Bonchev–Trinajstić information content (AvgIpc) is 2.68. The van der Waals surface area contributed by atoms with E-state index in [9.17, 15) is 28.1 Å². The molecule has 2 aromatic rings. The van der Waals surface area contributed by atoms with E-state index in [4.69, 9.17) is 23.2 Å². The second-order valence-corrected chi connectivity index (χ2v) is 7.21. The number of piperazine rings is 1. The average molecular weight is 448 g/mol. The largest absolute Gasteiger partial charge is 0.416 e. The van der Waals surface area contributed by atoms with Crippen LogP contribution in [0, 0.1) is 10.1 Å². The third-order valence-electron chi connectivity index (χ3n) is 4.57. The molecule has 0 aromatic heterocycles. The van der Waals surface area contributed by atoms with Gasteiger partial charge in [-0.1, -0.05) is 23.2 Å². The van der Waals surface area contributed by atoms with Crippen molar-refractivity contribution >= 4 is 40.5 Å². The second kappa shape index (κ2) is 8.08. The van der Waals surface area contributed by atoms with Crippen molar-refractivity contribution < 1.29 is 22.9 Å². The fourth-order valence-corrected chi connectivity index (χ4v) is 3.47. The maximum Gasteiger partial charge on any atom is 0.416 e. The molecule has 0 bridgehead atoms. The van der Waals surface area contributed by atoms with E-state index in [0.29, 0.717) is 11.1 Å². The predicted molar refractivity (Wildman–Crippen MR) is 103 cm³/mol. The Hall–Kier alpha value is -2.52. The first kappa shape index (κ1) is 21.2. The van der Waals surface area contributed by atoms with Gasteiger partial charge in [-0.3, -0.25) is 14.9 Å². The number of alkyl halides is 3. The number of rotatable bonds is 3. The Labute approximate surface area is 173 Å². The normalized spacial score (nSPS) is 14.8. The second-order valence-electron chi connectivity index (χ2n) is 6.36. The summed E-state index contributed by atoms with van der Waals surface area (Å²) in [5.74, 6) is -0.334. The van der Waals surface area contributed by atoms with E-state index in [1.54, 1.807) is 11.0 Å². The highest BCUT2D eigenvalue weighted by Crippen LogP contribution is 2.37. The topological polar surface area (TPSA) is 66.7 Å². The van der Waals surface area contributed by atoms with Crippen LogP contribution >= 0.6 is 23.2 Å². The minimum atomic E-state index is -4.68. The molecule has 11 heteroatoms. The standard InChI is InChI=1S/C18H14Cl2F3N3O3/c19-12-2-3-14(20)13(10-12)17(27)25-7-5-24(6-8-25)15-4-1-11(18(21,22)23)9-16(15)26(28)29/h1-4,9-10H,5-8H2. The van der Waals surface area contributed by atoms with E-state index < -0.39 is 22.4 Å². The van der Waals surface area contributed by atoms with Crippen molar-refractivity contribution in [3.63, 3.8) is 0 Å². The molecule has 0 aliphatic carbocycles. The van der Waals surface area contributed by atoms with Crippen LogP contribution in [-0.2, 0) is 6.18 Å². The van der Waals surface area contributed by atoms with Crippen molar-refractivity contribution in [3.8, 4) is 0 Å². The summed E-state index contributed by atoms with van der Waals surface area (Å²) in [4.78, 5) is 26.2. The molecule has 1 fully saturated rings. The molecule has 0 atom stereocenters. The number of carbonyl (C=O) groups is 1. The molecule has 1 aliphatic rings. The molecule has 2 aromatic carbocycles. The summed E-state index contributed by atoms with van der Waals surface area (Å²) in [5, 5.41) is 11.9. The lowest BCUT2D eigenvalue weighted by Gasteiger charge is -2.36. The van der Waals surface area contributed by atoms with Gasteiger partial charge in [0.1, 0.15) is 5.69 Å². The van der Waals surface area contributed by atoms with Crippen molar-refractivity contribution in [2.24, 2.45) is 0 Å². The number of anilines is 1. The summed E-state index contributed by atoms with van der Waals surface area (Å²) in [7, 11) is 0. The molecule has 1 aliphatic heterocycles. The quantitative estimate of drug-likeness (QED) is 0.496. The molecule has 0 spiro atoms. The molecule has 6 nitrogen and oxygen atoms in total. The summed E-state index contributed by atoms with van der Waals surface area (Å²) in [6.07, 6.45) is -4.68. The first-order valence-corrected chi connectivity index (χ1v) is 9.18. The van der Waals surface area contributed by atoms with Crippen LogP contribution < -0.4 is 4.90 Å². The zero-order chi connectivity index (χ0) is 21.3. The zero-order valence-corrected chi connectivity index (χ0v) is 16.3. The van der Waals surface area contributed by atoms with Crippen molar-refractivity contribution in [1.29, 1.82) is 0 Å². The maximum absolute atomic E-state index is 12.9. The van der Waals surface area contributed by atoms with Crippen LogP contribution in [0.4, 0.5) is 24.5 Å². The van der Waals surface area contributed by atoms with Crippen LogP contribution in [0.3, 0.4) is 0 Å². The molecule has 0 unspecified atom stereocenters. The summed E-state index contributed by atoms with van der Waals surface area (Å²) >= 11 is 12.0. The molecule has 29 heavy (non-hydrogen) atoms. The van der Waals surface area contributed by atoms with E-state index in [1.165, 1.54) is 17.0 Å². The van der Waals surface area contributed by atoms with Gasteiger partial charge in [-0.2, -0.15) is 13.2 Å². The fraction of sp³-hybridized carbons (Fsp3) is 0.278. The number of nitro groups is 1. The van der Waals surface area contributed by atoms with Crippen LogP contribution in [0.1, 0.15) is 15.9 Å². The number of benzene rings is 2. The third-order valence-corrected chi connectivity index (χ3v) is 5.13. The first-order valence-electron chi connectivity index (χ1n) is 8.43. The van der Waals surface area contributed by atoms with Gasteiger partial charge in [0.25, 0.3) is 11.6 Å². The molecule has 0 radical (unpaired) electrons. The van der Waals surface area contributed by atoms with E-state index in [0.717, 1.165) is 12.1 Å². The van der Waals surface area contributed by atoms with Crippen LogP contribution in [0.5, 0.6) is 0 Å². The number of nitrogens with zero attached hydrogens (tertiary/aromatic N) is 3. The summed E-state index contributed by atoms with van der Waals surface area (Å²) in [6, 6.07) is 6.96. The zero-order valence-electron chi connectivity index (χ0n) is 14.7. The summed E-state index contributed by atoms with van der Waals surface area (Å²) in [6.45, 7) is 0.881. The first-order chi connectivity index (χ1) is 13.6. The molecule has 3 rings (SSSR count). The number of halogens is 5. The van der Waals surface area contributed by atoms with Crippen molar-refractivity contribution in [3.05, 3.63) is 67.7 Å². The van der Waals surface area contributed by atoms with Gasteiger partial charge in [0.2, 0.25) is 0 Å². The Morgan fingerprint density at radius 2 is 1.69 bits per heavy atom. The minimum Gasteiger partial charge on any atom is -0.362 e. The van der Waals surface area contributed by atoms with Gasteiger partial charge in [0.05, 0.1) is 21.1 Å². The van der Waals surface area contributed by atoms with Gasteiger partial charge in [-0.05, 0) is 30.3 Å². The fourth-order valence-electron chi connectivity index (χ4n) is 3.10. The lowest BCUT2D eigenvalue weighted by molar-refractivity contribution is -0.384. The van der Waals surface area contributed by atoms with Gasteiger partial charge >= 0.3 is 6.18 Å². The predicted octanol–water partition coefficient (Wildman–Crippen LogP) is 4.88. The lowest BCUT2D eigenvalue weighted by atomic mass is 10.1. The van der Waals surface area contributed by atoms with E-state index >= 15 is 0 Å². The highest BCUT2D eigenvalue weighted by atomic mass is 35.5.